The summed E-state index contributed by atoms with van der Waals surface area (Å²) < 4.78 is 17.9. The topological polar surface area (TPSA) is 59.0 Å². The lowest BCUT2D eigenvalue weighted by Crippen LogP contribution is -2.09. The summed E-state index contributed by atoms with van der Waals surface area (Å²) in [4.78, 5) is 0. The number of rotatable bonds is 3. The molecule has 0 saturated carbocycles. The van der Waals surface area contributed by atoms with Crippen LogP contribution in [0.15, 0.2) is 18.2 Å². The molecule has 0 fully saturated rings. The minimum Gasteiger partial charge on any atom is -0.494 e. The summed E-state index contributed by atoms with van der Waals surface area (Å²) in [5.74, 6) is -0.281. The molecule has 0 spiro atoms. The molecule has 74 valence electrons. The quantitative estimate of drug-likeness (QED) is 0.797. The zero-order valence-corrected chi connectivity index (χ0v) is 7.83. The van der Waals surface area contributed by atoms with Gasteiger partial charge in [0, 0.05) is 6.04 Å². The lowest BCUT2D eigenvalue weighted by Gasteiger charge is -2.09. The van der Waals surface area contributed by atoms with Crippen molar-refractivity contribution in [1.82, 2.24) is 0 Å². The second kappa shape index (κ2) is 4.58. The van der Waals surface area contributed by atoms with Gasteiger partial charge >= 0.3 is 0 Å². The van der Waals surface area contributed by atoms with Crippen molar-refractivity contribution in [2.75, 3.05) is 7.11 Å². The molecule has 4 heteroatoms. The van der Waals surface area contributed by atoms with Gasteiger partial charge in [-0.05, 0) is 17.7 Å². The lowest BCUT2D eigenvalue weighted by atomic mass is 10.1. The average molecular weight is 194 g/mol. The molecule has 1 aromatic rings. The van der Waals surface area contributed by atoms with Crippen molar-refractivity contribution in [3.05, 3.63) is 29.6 Å². The Morgan fingerprint density at radius 3 is 2.86 bits per heavy atom. The fourth-order valence-corrected chi connectivity index (χ4v) is 1.13. The first-order valence-corrected chi connectivity index (χ1v) is 4.15. The molecule has 0 aliphatic heterocycles. The van der Waals surface area contributed by atoms with Crippen molar-refractivity contribution in [2.45, 2.75) is 12.5 Å². The van der Waals surface area contributed by atoms with Crippen LogP contribution in [0.5, 0.6) is 5.75 Å². The Morgan fingerprint density at radius 2 is 2.36 bits per heavy atom. The van der Waals surface area contributed by atoms with Crippen molar-refractivity contribution >= 4 is 0 Å². The van der Waals surface area contributed by atoms with E-state index in [1.165, 1.54) is 19.2 Å². The molecule has 0 aromatic heterocycles. The number of ether oxygens (including phenoxy) is 1. The first-order valence-electron chi connectivity index (χ1n) is 4.15. The predicted molar refractivity (Wildman–Crippen MR) is 50.1 cm³/mol. The molecular formula is C10H11FN2O. The van der Waals surface area contributed by atoms with Crippen molar-refractivity contribution in [3.63, 3.8) is 0 Å². The molecule has 1 aromatic carbocycles. The Kier molecular flexibility index (Phi) is 3.43. The number of hydrogen-bond acceptors (Lipinski definition) is 3. The van der Waals surface area contributed by atoms with E-state index in [0.717, 1.165) is 0 Å². The van der Waals surface area contributed by atoms with E-state index in [9.17, 15) is 4.39 Å². The summed E-state index contributed by atoms with van der Waals surface area (Å²) in [6, 6.07) is 5.94. The molecule has 0 saturated heterocycles. The van der Waals surface area contributed by atoms with Gasteiger partial charge in [-0.1, -0.05) is 6.07 Å². The first-order chi connectivity index (χ1) is 6.69. The molecular weight excluding hydrogens is 183 g/mol. The number of nitriles is 1. The zero-order valence-electron chi connectivity index (χ0n) is 7.83. The molecule has 0 amide bonds. The zero-order chi connectivity index (χ0) is 10.6. The summed E-state index contributed by atoms with van der Waals surface area (Å²) in [6.45, 7) is 0. The van der Waals surface area contributed by atoms with Crippen molar-refractivity contribution in [1.29, 1.82) is 5.26 Å². The Balaban J connectivity index is 2.92. The van der Waals surface area contributed by atoms with Crippen LogP contribution in [0.4, 0.5) is 4.39 Å². The van der Waals surface area contributed by atoms with E-state index in [4.69, 9.17) is 15.7 Å². The number of methoxy groups -OCH3 is 1. The van der Waals surface area contributed by atoms with Gasteiger partial charge in [0.25, 0.3) is 0 Å². The van der Waals surface area contributed by atoms with E-state index in [1.807, 2.05) is 6.07 Å². The van der Waals surface area contributed by atoms with Crippen LogP contribution >= 0.6 is 0 Å². The summed E-state index contributed by atoms with van der Waals surface area (Å²) in [6.07, 6.45) is 0.172. The van der Waals surface area contributed by atoms with Crippen LogP contribution in [0.3, 0.4) is 0 Å². The third-order valence-corrected chi connectivity index (χ3v) is 1.92. The maximum absolute atomic E-state index is 13.2. The first kappa shape index (κ1) is 10.5. The van der Waals surface area contributed by atoms with Crippen LogP contribution in [0.2, 0.25) is 0 Å². The van der Waals surface area contributed by atoms with Gasteiger partial charge in [-0.3, -0.25) is 0 Å². The fourth-order valence-electron chi connectivity index (χ4n) is 1.13. The highest BCUT2D eigenvalue weighted by Crippen LogP contribution is 2.21. The normalized spacial score (nSPS) is 11.9. The van der Waals surface area contributed by atoms with Gasteiger partial charge in [0.05, 0.1) is 19.6 Å². The minimum absolute atomic E-state index is 0.172. The Morgan fingerprint density at radius 1 is 1.64 bits per heavy atom. The summed E-state index contributed by atoms with van der Waals surface area (Å²) >= 11 is 0. The molecule has 0 bridgehead atoms. The molecule has 0 radical (unpaired) electrons. The molecule has 0 heterocycles. The van der Waals surface area contributed by atoms with Crippen LogP contribution < -0.4 is 10.5 Å². The van der Waals surface area contributed by atoms with Gasteiger partial charge in [0.2, 0.25) is 0 Å². The third kappa shape index (κ3) is 2.21. The largest absolute Gasteiger partial charge is 0.494 e. The van der Waals surface area contributed by atoms with Gasteiger partial charge < -0.3 is 10.5 Å². The van der Waals surface area contributed by atoms with Crippen LogP contribution in [-0.2, 0) is 0 Å². The fraction of sp³-hybridized carbons (Fsp3) is 0.300. The van der Waals surface area contributed by atoms with Crippen molar-refractivity contribution in [2.24, 2.45) is 5.73 Å². The Hall–Kier alpha value is -1.60. The minimum atomic E-state index is -0.460. The monoisotopic (exact) mass is 194 g/mol. The summed E-state index contributed by atoms with van der Waals surface area (Å²) in [5.41, 5.74) is 6.24. The third-order valence-electron chi connectivity index (χ3n) is 1.92. The second-order valence-electron chi connectivity index (χ2n) is 2.86. The van der Waals surface area contributed by atoms with Crippen LogP contribution in [0, 0.1) is 17.1 Å². The Labute approximate surface area is 81.9 Å². The van der Waals surface area contributed by atoms with Crippen molar-refractivity contribution < 1.29 is 9.13 Å². The highest BCUT2D eigenvalue weighted by molar-refractivity contribution is 5.31. The lowest BCUT2D eigenvalue weighted by molar-refractivity contribution is 0.386. The molecule has 2 N–H and O–H groups in total. The average Bonchev–Trinajstić information content (AvgIpc) is 2.18. The van der Waals surface area contributed by atoms with Crippen LogP contribution in [-0.4, -0.2) is 7.11 Å². The van der Waals surface area contributed by atoms with E-state index in [0.29, 0.717) is 5.56 Å². The van der Waals surface area contributed by atoms with Gasteiger partial charge in [0.15, 0.2) is 11.6 Å². The highest BCUT2D eigenvalue weighted by Gasteiger charge is 2.09. The van der Waals surface area contributed by atoms with Crippen LogP contribution in [0.1, 0.15) is 18.0 Å². The smallest absolute Gasteiger partial charge is 0.165 e. The van der Waals surface area contributed by atoms with Gasteiger partial charge in [-0.15, -0.1) is 0 Å². The van der Waals surface area contributed by atoms with Gasteiger partial charge in [0.1, 0.15) is 0 Å². The molecule has 0 aliphatic carbocycles. The maximum atomic E-state index is 13.2. The number of benzene rings is 1. The SMILES string of the molecule is COc1ccc([C@H](N)CC#N)cc1F. The summed E-state index contributed by atoms with van der Waals surface area (Å²) in [7, 11) is 1.40. The number of hydrogen-bond donors (Lipinski definition) is 1. The molecule has 1 rings (SSSR count). The van der Waals surface area contributed by atoms with E-state index in [-0.39, 0.29) is 12.2 Å². The number of nitrogens with zero attached hydrogens (tertiary/aromatic N) is 1. The Bertz CT molecular complexity index is 360. The van der Waals surface area contributed by atoms with Crippen LogP contribution in [0.25, 0.3) is 0 Å². The van der Waals surface area contributed by atoms with Gasteiger partial charge in [-0.2, -0.15) is 5.26 Å². The maximum Gasteiger partial charge on any atom is 0.165 e. The van der Waals surface area contributed by atoms with E-state index >= 15 is 0 Å². The summed E-state index contributed by atoms with van der Waals surface area (Å²) in [5, 5.41) is 8.42. The predicted octanol–water partition coefficient (Wildman–Crippen LogP) is 1.75. The molecule has 14 heavy (non-hydrogen) atoms. The molecule has 0 aliphatic rings. The molecule has 3 nitrogen and oxygen atoms in total. The van der Waals surface area contributed by atoms with Crippen molar-refractivity contribution in [3.8, 4) is 11.8 Å². The number of halogens is 1. The highest BCUT2D eigenvalue weighted by atomic mass is 19.1. The van der Waals surface area contributed by atoms with Gasteiger partial charge in [-0.25, -0.2) is 4.39 Å². The standard InChI is InChI=1S/C10H11FN2O/c1-14-10-3-2-7(6-8(10)11)9(13)4-5-12/h2-3,6,9H,4,13H2,1H3/t9-/m1/s1. The van der Waals surface area contributed by atoms with E-state index in [2.05, 4.69) is 0 Å². The van der Waals surface area contributed by atoms with E-state index < -0.39 is 11.9 Å². The number of nitrogens with two attached hydrogens (primary N) is 1. The second-order valence-corrected chi connectivity index (χ2v) is 2.86. The van der Waals surface area contributed by atoms with E-state index in [1.54, 1.807) is 6.07 Å². The molecule has 0 unspecified atom stereocenters. The molecule has 1 atom stereocenters.